The van der Waals surface area contributed by atoms with E-state index in [0.29, 0.717) is 5.69 Å². The molecule has 2 aliphatic carbocycles. The van der Waals surface area contributed by atoms with E-state index >= 15 is 0 Å². The molecule has 5 nitrogen and oxygen atoms in total. The van der Waals surface area contributed by atoms with E-state index in [4.69, 9.17) is 4.74 Å². The van der Waals surface area contributed by atoms with Crippen molar-refractivity contribution < 1.29 is 18.3 Å². The molecule has 1 aromatic carbocycles. The van der Waals surface area contributed by atoms with Crippen molar-refractivity contribution in [3.63, 3.8) is 0 Å². The van der Waals surface area contributed by atoms with E-state index in [2.05, 4.69) is 24.0 Å². The molecule has 0 radical (unpaired) electrons. The van der Waals surface area contributed by atoms with E-state index in [1.165, 1.54) is 18.2 Å². The zero-order chi connectivity index (χ0) is 22.1. The zero-order valence-electron chi connectivity index (χ0n) is 18.2. The van der Waals surface area contributed by atoms with Gasteiger partial charge in [-0.2, -0.15) is 5.10 Å². The molecule has 1 saturated carbocycles. The van der Waals surface area contributed by atoms with Crippen LogP contribution in [-0.2, 0) is 10.3 Å². The summed E-state index contributed by atoms with van der Waals surface area (Å²) in [5.74, 6) is -1.25. The van der Waals surface area contributed by atoms with E-state index < -0.39 is 28.9 Å². The molecule has 160 valence electrons. The SMILES string of the molecule is CN(C(=O)OC(C)(C)C)[C@@]12CC[C@@H](c3cc(-c4c(F)cccc4F)nnc31)C2(C)C. The van der Waals surface area contributed by atoms with Gasteiger partial charge in [-0.3, -0.25) is 4.90 Å². The molecule has 30 heavy (non-hydrogen) atoms. The molecule has 2 atom stereocenters. The zero-order valence-corrected chi connectivity index (χ0v) is 18.2. The Balaban J connectivity index is 1.83. The second kappa shape index (κ2) is 6.46. The fourth-order valence-electron chi connectivity index (χ4n) is 5.40. The molecule has 1 fully saturated rings. The Morgan fingerprint density at radius 3 is 2.43 bits per heavy atom. The maximum atomic E-state index is 14.3. The van der Waals surface area contributed by atoms with Gasteiger partial charge in [-0.15, -0.1) is 5.10 Å². The number of fused-ring (bicyclic) bond motifs is 5. The number of halogens is 2. The lowest BCUT2D eigenvalue weighted by Crippen LogP contribution is -2.53. The van der Waals surface area contributed by atoms with Crippen LogP contribution in [0.4, 0.5) is 13.6 Å². The number of benzene rings is 1. The van der Waals surface area contributed by atoms with Gasteiger partial charge in [-0.05, 0) is 63.3 Å². The molecule has 2 bridgehead atoms. The number of amides is 1. The number of aromatic nitrogens is 2. The molecule has 7 heteroatoms. The van der Waals surface area contributed by atoms with E-state index in [1.807, 2.05) is 20.8 Å². The van der Waals surface area contributed by atoms with Crippen LogP contribution in [0.25, 0.3) is 11.3 Å². The maximum Gasteiger partial charge on any atom is 0.410 e. The third-order valence-corrected chi connectivity index (χ3v) is 6.78. The Morgan fingerprint density at radius 1 is 1.20 bits per heavy atom. The van der Waals surface area contributed by atoms with Gasteiger partial charge in [-0.1, -0.05) is 19.9 Å². The number of hydrogen-bond acceptors (Lipinski definition) is 4. The topological polar surface area (TPSA) is 55.3 Å². The quantitative estimate of drug-likeness (QED) is 0.659. The monoisotopic (exact) mass is 415 g/mol. The van der Waals surface area contributed by atoms with Crippen molar-refractivity contribution in [2.24, 2.45) is 5.41 Å². The molecule has 0 unspecified atom stereocenters. The Morgan fingerprint density at radius 2 is 1.83 bits per heavy atom. The Bertz CT molecular complexity index is 1010. The van der Waals surface area contributed by atoms with Crippen LogP contribution in [0.15, 0.2) is 24.3 Å². The molecular weight excluding hydrogens is 388 g/mol. The van der Waals surface area contributed by atoms with Gasteiger partial charge in [0.1, 0.15) is 17.2 Å². The highest BCUT2D eigenvalue weighted by atomic mass is 19.1. The summed E-state index contributed by atoms with van der Waals surface area (Å²) < 4.78 is 34.3. The molecule has 0 spiro atoms. The van der Waals surface area contributed by atoms with Crippen LogP contribution in [0.2, 0.25) is 0 Å². The lowest BCUT2D eigenvalue weighted by molar-refractivity contribution is -0.0212. The summed E-state index contributed by atoms with van der Waals surface area (Å²) in [7, 11) is 1.74. The Kier molecular flexibility index (Phi) is 4.46. The van der Waals surface area contributed by atoms with Crippen LogP contribution in [0.3, 0.4) is 0 Å². The highest BCUT2D eigenvalue weighted by Gasteiger charge is 2.66. The lowest BCUT2D eigenvalue weighted by Gasteiger charge is -2.45. The number of carbonyl (C=O) groups excluding carboxylic acids is 1. The van der Waals surface area contributed by atoms with Crippen molar-refractivity contribution >= 4 is 6.09 Å². The van der Waals surface area contributed by atoms with Crippen molar-refractivity contribution in [2.75, 3.05) is 7.05 Å². The van der Waals surface area contributed by atoms with Crippen molar-refractivity contribution in [1.82, 2.24) is 15.1 Å². The van der Waals surface area contributed by atoms with Crippen LogP contribution >= 0.6 is 0 Å². The number of carbonyl (C=O) groups is 1. The molecule has 0 N–H and O–H groups in total. The average molecular weight is 415 g/mol. The fraction of sp³-hybridized carbons (Fsp3) is 0.522. The van der Waals surface area contributed by atoms with Crippen LogP contribution in [-0.4, -0.2) is 33.8 Å². The molecule has 1 heterocycles. The van der Waals surface area contributed by atoms with E-state index in [1.54, 1.807) is 18.0 Å². The van der Waals surface area contributed by atoms with Crippen LogP contribution in [0.5, 0.6) is 0 Å². The predicted octanol–water partition coefficient (Wildman–Crippen LogP) is 5.40. The van der Waals surface area contributed by atoms with Crippen molar-refractivity contribution in [1.29, 1.82) is 0 Å². The van der Waals surface area contributed by atoms with Gasteiger partial charge in [0.15, 0.2) is 0 Å². The van der Waals surface area contributed by atoms with Crippen molar-refractivity contribution in [2.45, 2.75) is 64.5 Å². The largest absolute Gasteiger partial charge is 0.444 e. The molecular formula is C23H27F2N3O2. The minimum Gasteiger partial charge on any atom is -0.444 e. The van der Waals surface area contributed by atoms with Gasteiger partial charge in [0.05, 0.1) is 22.5 Å². The number of hydrogen-bond donors (Lipinski definition) is 0. The fourth-order valence-corrected chi connectivity index (χ4v) is 5.40. The second-order valence-electron chi connectivity index (χ2n) is 9.84. The minimum absolute atomic E-state index is 0.0986. The van der Waals surface area contributed by atoms with Crippen LogP contribution in [0, 0.1) is 17.0 Å². The van der Waals surface area contributed by atoms with Gasteiger partial charge < -0.3 is 4.74 Å². The highest BCUT2D eigenvalue weighted by molar-refractivity contribution is 5.71. The molecule has 0 aliphatic heterocycles. The van der Waals surface area contributed by atoms with Crippen molar-refractivity contribution in [3.05, 3.63) is 47.2 Å². The van der Waals surface area contributed by atoms with Gasteiger partial charge in [0, 0.05) is 12.5 Å². The summed E-state index contributed by atoms with van der Waals surface area (Å²) in [6.45, 7) is 9.71. The van der Waals surface area contributed by atoms with E-state index in [-0.39, 0.29) is 22.6 Å². The third kappa shape index (κ3) is 2.74. The number of ether oxygens (including phenoxy) is 1. The van der Waals surface area contributed by atoms with Crippen molar-refractivity contribution in [3.8, 4) is 11.3 Å². The predicted molar refractivity (Wildman–Crippen MR) is 109 cm³/mol. The molecule has 0 saturated heterocycles. The Hall–Kier alpha value is -2.57. The second-order valence-corrected chi connectivity index (χ2v) is 9.84. The van der Waals surface area contributed by atoms with Gasteiger partial charge in [0.25, 0.3) is 0 Å². The number of nitrogens with zero attached hydrogens (tertiary/aromatic N) is 3. The summed E-state index contributed by atoms with van der Waals surface area (Å²) in [6, 6.07) is 5.48. The van der Waals surface area contributed by atoms with Gasteiger partial charge >= 0.3 is 6.09 Å². The van der Waals surface area contributed by atoms with Crippen LogP contribution < -0.4 is 0 Å². The molecule has 2 aromatic rings. The summed E-state index contributed by atoms with van der Waals surface area (Å²) in [5, 5.41) is 8.61. The maximum absolute atomic E-state index is 14.3. The average Bonchev–Trinajstić information content (AvgIpc) is 3.01. The lowest BCUT2D eigenvalue weighted by atomic mass is 9.74. The van der Waals surface area contributed by atoms with Gasteiger partial charge in [-0.25, -0.2) is 13.6 Å². The normalized spacial score (nSPS) is 23.9. The first-order valence-corrected chi connectivity index (χ1v) is 10.2. The number of rotatable bonds is 2. The third-order valence-electron chi connectivity index (χ3n) is 6.78. The molecule has 1 aromatic heterocycles. The van der Waals surface area contributed by atoms with Gasteiger partial charge in [0.2, 0.25) is 0 Å². The van der Waals surface area contributed by atoms with Crippen LogP contribution in [0.1, 0.15) is 64.6 Å². The van der Waals surface area contributed by atoms with E-state index in [9.17, 15) is 13.6 Å². The minimum atomic E-state index is -0.686. The summed E-state index contributed by atoms with van der Waals surface area (Å²) in [4.78, 5) is 14.6. The highest BCUT2D eigenvalue weighted by Crippen LogP contribution is 2.68. The molecule has 4 rings (SSSR count). The molecule has 2 aliphatic rings. The summed E-state index contributed by atoms with van der Waals surface area (Å²) in [6.07, 6.45) is 1.16. The Labute approximate surface area is 175 Å². The molecule has 1 amide bonds. The first-order valence-electron chi connectivity index (χ1n) is 10.2. The van der Waals surface area contributed by atoms with E-state index in [0.717, 1.165) is 18.4 Å². The standard InChI is InChI=1S/C23H27F2N3O2/c1-21(2,3)30-20(29)28(6)23-11-10-14(22(23,4)5)13-12-17(26-27-19(13)23)18-15(24)8-7-9-16(18)25/h7-9,12,14H,10-11H2,1-6H3/t14-,23-/m0/s1. The summed E-state index contributed by atoms with van der Waals surface area (Å²) in [5.41, 5.74) is -0.0576. The first-order chi connectivity index (χ1) is 13.9. The first kappa shape index (κ1) is 20.7. The summed E-state index contributed by atoms with van der Waals surface area (Å²) >= 11 is 0. The smallest absolute Gasteiger partial charge is 0.410 e.